The monoisotopic (exact) mass is 419 g/mol. The Labute approximate surface area is 176 Å². The standard InChI is InChI=1S/C22H26ClNO5/c1-4-11-28-21-18(23)12-17(13-19(21)27-5-2)22(26)29-14-20(25)24-15(3)16-9-7-6-8-10-16/h6-10,12-13,15H,4-5,11,14H2,1-3H3,(H,24,25)/t15-/m1/s1. The zero-order valence-electron chi connectivity index (χ0n) is 16.9. The van der Waals surface area contributed by atoms with Crippen LogP contribution in [0.2, 0.25) is 5.02 Å². The van der Waals surface area contributed by atoms with Crippen LogP contribution in [0.25, 0.3) is 0 Å². The van der Waals surface area contributed by atoms with Crippen LogP contribution in [0.15, 0.2) is 42.5 Å². The molecule has 0 aromatic heterocycles. The Morgan fingerprint density at radius 2 is 1.83 bits per heavy atom. The molecule has 2 rings (SSSR count). The van der Waals surface area contributed by atoms with E-state index in [-0.39, 0.29) is 16.6 Å². The minimum absolute atomic E-state index is 0.186. The Balaban J connectivity index is 1.99. The normalized spacial score (nSPS) is 11.4. The van der Waals surface area contributed by atoms with E-state index in [1.54, 1.807) is 0 Å². The molecule has 1 N–H and O–H groups in total. The molecule has 2 aromatic rings. The first-order chi connectivity index (χ1) is 14.0. The predicted octanol–water partition coefficient (Wildman–Crippen LogP) is 4.56. The van der Waals surface area contributed by atoms with Crippen LogP contribution < -0.4 is 14.8 Å². The van der Waals surface area contributed by atoms with Gasteiger partial charge in [0.1, 0.15) is 0 Å². The van der Waals surface area contributed by atoms with Crippen molar-refractivity contribution in [2.45, 2.75) is 33.2 Å². The smallest absolute Gasteiger partial charge is 0.338 e. The fourth-order valence-electron chi connectivity index (χ4n) is 2.62. The third-order valence-corrected chi connectivity index (χ3v) is 4.29. The number of esters is 1. The number of hydrogen-bond donors (Lipinski definition) is 1. The zero-order valence-corrected chi connectivity index (χ0v) is 17.6. The molecule has 7 heteroatoms. The maximum atomic E-state index is 12.4. The molecule has 0 heterocycles. The van der Waals surface area contributed by atoms with Gasteiger partial charge >= 0.3 is 5.97 Å². The van der Waals surface area contributed by atoms with E-state index in [1.165, 1.54) is 12.1 Å². The third-order valence-electron chi connectivity index (χ3n) is 4.01. The molecule has 0 saturated carbocycles. The fraction of sp³-hybridized carbons (Fsp3) is 0.364. The Kier molecular flexibility index (Phi) is 8.80. The molecule has 0 aliphatic carbocycles. The van der Waals surface area contributed by atoms with Crippen LogP contribution in [0, 0.1) is 0 Å². The molecule has 0 aliphatic heterocycles. The van der Waals surface area contributed by atoms with Crippen molar-refractivity contribution in [3.8, 4) is 11.5 Å². The summed E-state index contributed by atoms with van der Waals surface area (Å²) in [6.07, 6.45) is 0.808. The fourth-order valence-corrected chi connectivity index (χ4v) is 2.88. The van der Waals surface area contributed by atoms with E-state index < -0.39 is 18.5 Å². The van der Waals surface area contributed by atoms with Crippen LogP contribution in [0.5, 0.6) is 11.5 Å². The first-order valence-electron chi connectivity index (χ1n) is 9.56. The van der Waals surface area contributed by atoms with Crippen molar-refractivity contribution in [1.82, 2.24) is 5.32 Å². The van der Waals surface area contributed by atoms with E-state index in [2.05, 4.69) is 5.32 Å². The zero-order chi connectivity index (χ0) is 21.2. The second-order valence-electron chi connectivity index (χ2n) is 6.34. The van der Waals surface area contributed by atoms with Crippen molar-refractivity contribution < 1.29 is 23.8 Å². The molecule has 0 spiro atoms. The summed E-state index contributed by atoms with van der Waals surface area (Å²) in [5, 5.41) is 3.04. The van der Waals surface area contributed by atoms with Gasteiger partial charge in [-0.15, -0.1) is 0 Å². The topological polar surface area (TPSA) is 73.9 Å². The van der Waals surface area contributed by atoms with Gasteiger partial charge in [-0.1, -0.05) is 48.9 Å². The number of benzene rings is 2. The van der Waals surface area contributed by atoms with E-state index >= 15 is 0 Å². The van der Waals surface area contributed by atoms with Gasteiger partial charge in [0.25, 0.3) is 5.91 Å². The SMILES string of the molecule is CCCOc1c(Cl)cc(C(=O)OCC(=O)N[C@H](C)c2ccccc2)cc1OCC. The summed E-state index contributed by atoms with van der Waals surface area (Å²) in [5.74, 6) is -0.310. The highest BCUT2D eigenvalue weighted by atomic mass is 35.5. The van der Waals surface area contributed by atoms with Crippen LogP contribution >= 0.6 is 11.6 Å². The maximum absolute atomic E-state index is 12.4. The number of amides is 1. The summed E-state index contributed by atoms with van der Waals surface area (Å²) in [6, 6.07) is 12.3. The minimum atomic E-state index is -0.669. The largest absolute Gasteiger partial charge is 0.490 e. The lowest BCUT2D eigenvalue weighted by atomic mass is 10.1. The first-order valence-corrected chi connectivity index (χ1v) is 9.94. The van der Waals surface area contributed by atoms with Gasteiger partial charge < -0.3 is 19.5 Å². The second kappa shape index (κ2) is 11.3. The molecule has 0 bridgehead atoms. The molecule has 156 valence electrons. The summed E-state index contributed by atoms with van der Waals surface area (Å²) < 4.78 is 16.3. The van der Waals surface area contributed by atoms with E-state index in [9.17, 15) is 9.59 Å². The quantitative estimate of drug-likeness (QED) is 0.571. The summed E-state index contributed by atoms with van der Waals surface area (Å²) in [5.41, 5.74) is 1.15. The predicted molar refractivity (Wildman–Crippen MR) is 112 cm³/mol. The van der Waals surface area contributed by atoms with Gasteiger partial charge in [-0.2, -0.15) is 0 Å². The van der Waals surface area contributed by atoms with E-state index in [0.29, 0.717) is 24.7 Å². The first kappa shape index (κ1) is 22.6. The molecule has 1 atom stereocenters. The highest BCUT2D eigenvalue weighted by Crippen LogP contribution is 2.37. The molecule has 1 amide bonds. The molecule has 0 fully saturated rings. The average Bonchev–Trinajstić information content (AvgIpc) is 2.72. The van der Waals surface area contributed by atoms with Crippen molar-refractivity contribution in [2.75, 3.05) is 19.8 Å². The van der Waals surface area contributed by atoms with Gasteiger partial charge in [0.2, 0.25) is 0 Å². The van der Waals surface area contributed by atoms with Crippen molar-refractivity contribution in [1.29, 1.82) is 0 Å². The molecular formula is C22H26ClNO5. The number of hydrogen-bond acceptors (Lipinski definition) is 5. The molecule has 2 aromatic carbocycles. The second-order valence-corrected chi connectivity index (χ2v) is 6.75. The van der Waals surface area contributed by atoms with E-state index in [0.717, 1.165) is 12.0 Å². The number of rotatable bonds is 10. The van der Waals surface area contributed by atoms with Gasteiger partial charge in [0.15, 0.2) is 18.1 Å². The third kappa shape index (κ3) is 6.68. The van der Waals surface area contributed by atoms with Gasteiger partial charge in [-0.25, -0.2) is 4.79 Å². The summed E-state index contributed by atoms with van der Waals surface area (Å²) in [4.78, 5) is 24.5. The molecule has 0 saturated heterocycles. The van der Waals surface area contributed by atoms with Gasteiger partial charge in [-0.05, 0) is 38.0 Å². The lowest BCUT2D eigenvalue weighted by molar-refractivity contribution is -0.124. The van der Waals surface area contributed by atoms with E-state index in [4.69, 9.17) is 25.8 Å². The van der Waals surface area contributed by atoms with Crippen LogP contribution in [-0.4, -0.2) is 31.7 Å². The van der Waals surface area contributed by atoms with Crippen LogP contribution in [0.3, 0.4) is 0 Å². The number of carbonyl (C=O) groups is 2. The van der Waals surface area contributed by atoms with Crippen LogP contribution in [0.4, 0.5) is 0 Å². The Morgan fingerprint density at radius 3 is 2.48 bits per heavy atom. The summed E-state index contributed by atoms with van der Waals surface area (Å²) in [7, 11) is 0. The van der Waals surface area contributed by atoms with Crippen LogP contribution in [0.1, 0.15) is 49.2 Å². The molecule has 0 radical (unpaired) electrons. The minimum Gasteiger partial charge on any atom is -0.490 e. The van der Waals surface area contributed by atoms with Crippen molar-refractivity contribution in [3.05, 3.63) is 58.6 Å². The highest BCUT2D eigenvalue weighted by molar-refractivity contribution is 6.32. The van der Waals surface area contributed by atoms with Crippen molar-refractivity contribution in [3.63, 3.8) is 0 Å². The molecule has 29 heavy (non-hydrogen) atoms. The highest BCUT2D eigenvalue weighted by Gasteiger charge is 2.18. The number of nitrogens with one attached hydrogen (secondary N) is 1. The van der Waals surface area contributed by atoms with Crippen molar-refractivity contribution >= 4 is 23.5 Å². The summed E-state index contributed by atoms with van der Waals surface area (Å²) in [6.45, 7) is 6.12. The van der Waals surface area contributed by atoms with Crippen molar-refractivity contribution in [2.24, 2.45) is 0 Å². The molecule has 0 unspecified atom stereocenters. The average molecular weight is 420 g/mol. The Hall–Kier alpha value is -2.73. The molecule has 0 aliphatic rings. The molecular weight excluding hydrogens is 394 g/mol. The van der Waals surface area contributed by atoms with Gasteiger partial charge in [0, 0.05) is 0 Å². The summed E-state index contributed by atoms with van der Waals surface area (Å²) >= 11 is 6.26. The Morgan fingerprint density at radius 1 is 1.10 bits per heavy atom. The van der Waals surface area contributed by atoms with Gasteiger partial charge in [-0.3, -0.25) is 4.79 Å². The van der Waals surface area contributed by atoms with Gasteiger partial charge in [0.05, 0.1) is 29.8 Å². The van der Waals surface area contributed by atoms with E-state index in [1.807, 2.05) is 51.1 Å². The Bertz CT molecular complexity index is 825. The number of ether oxygens (including phenoxy) is 3. The molecule has 6 nitrogen and oxygen atoms in total. The lowest BCUT2D eigenvalue weighted by Crippen LogP contribution is -2.31. The number of carbonyl (C=O) groups excluding carboxylic acids is 2. The lowest BCUT2D eigenvalue weighted by Gasteiger charge is -2.15. The number of halogens is 1. The maximum Gasteiger partial charge on any atom is 0.338 e. The van der Waals surface area contributed by atoms with Crippen LogP contribution in [-0.2, 0) is 9.53 Å².